The van der Waals surface area contributed by atoms with Gasteiger partial charge in [-0.2, -0.15) is 0 Å². The van der Waals surface area contributed by atoms with Crippen LogP contribution in [-0.2, 0) is 37.0 Å². The normalized spacial score (nSPS) is 13.9. The summed E-state index contributed by atoms with van der Waals surface area (Å²) in [7, 11) is 0. The summed E-state index contributed by atoms with van der Waals surface area (Å²) in [5.41, 5.74) is 6.08. The third kappa shape index (κ3) is 10.8. The van der Waals surface area contributed by atoms with E-state index in [-0.39, 0.29) is 37.5 Å². The number of carbonyl (C=O) groups excluding carboxylic acids is 5. The van der Waals surface area contributed by atoms with Gasteiger partial charge in [0, 0.05) is 25.5 Å². The number of thiazole rings is 1. The second-order valence-electron chi connectivity index (χ2n) is 9.98. The number of nitrogens with zero attached hydrogens (tertiary/aromatic N) is 1. The van der Waals surface area contributed by atoms with Gasteiger partial charge >= 0.3 is 0 Å². The first-order valence-electron chi connectivity index (χ1n) is 13.1. The molecule has 224 valence electrons. The first-order valence-corrected chi connectivity index (χ1v) is 13.9. The summed E-state index contributed by atoms with van der Waals surface area (Å²) < 4.78 is 0. The highest BCUT2D eigenvalue weighted by atomic mass is 32.1. The number of phenolic OH excluding ortho intramolecular Hbond substituents is 1. The average Bonchev–Trinajstić information content (AvgIpc) is 3.38. The molecule has 1 aromatic heterocycles. The van der Waals surface area contributed by atoms with Gasteiger partial charge in [-0.1, -0.05) is 37.3 Å². The van der Waals surface area contributed by atoms with E-state index in [0.717, 1.165) is 0 Å². The molecular formula is C27H38N6O7S. The van der Waals surface area contributed by atoms with Crippen LogP contribution in [0.4, 0.5) is 5.13 Å². The third-order valence-electron chi connectivity index (χ3n) is 6.18. The molecule has 0 aliphatic carbocycles. The van der Waals surface area contributed by atoms with Gasteiger partial charge in [0.2, 0.25) is 23.6 Å². The van der Waals surface area contributed by atoms with Crippen LogP contribution in [0.1, 0.15) is 51.0 Å². The Kier molecular flexibility index (Phi) is 12.7. The van der Waals surface area contributed by atoms with Crippen molar-refractivity contribution in [3.05, 3.63) is 40.9 Å². The van der Waals surface area contributed by atoms with Crippen LogP contribution in [0.25, 0.3) is 0 Å². The standard InChI is InChI=1S/C27H38N6O7S/c1-14(2)23(33-27-29-12-19(13-34)41-27)26(40)31-16(4)25(39)30-15(3)21(36)9-10-22(37)32-20(24(28)38)11-17-5-7-18(35)8-6-17/h5-8,12,14-16,20,23,34-35H,9-11,13H2,1-4H3,(H2,28,38)(H,29,33)(H,30,39)(H,31,40)(H,32,37)/t15-,16-,20-,23-/m0/s1. The maximum Gasteiger partial charge on any atom is 0.243 e. The van der Waals surface area contributed by atoms with Crippen molar-refractivity contribution in [3.8, 4) is 5.75 Å². The van der Waals surface area contributed by atoms with Gasteiger partial charge in [-0.25, -0.2) is 4.98 Å². The summed E-state index contributed by atoms with van der Waals surface area (Å²) in [5, 5.41) is 29.8. The van der Waals surface area contributed by atoms with Gasteiger partial charge in [-0.05, 0) is 37.5 Å². The molecule has 2 rings (SSSR count). The molecule has 0 unspecified atom stereocenters. The number of aromatic nitrogens is 1. The number of nitrogens with one attached hydrogen (secondary N) is 4. The molecule has 0 saturated heterocycles. The number of nitrogens with two attached hydrogens (primary N) is 1. The van der Waals surface area contributed by atoms with E-state index in [2.05, 4.69) is 26.3 Å². The topological polar surface area (TPSA) is 213 Å². The van der Waals surface area contributed by atoms with Gasteiger partial charge in [-0.15, -0.1) is 0 Å². The zero-order valence-corrected chi connectivity index (χ0v) is 24.3. The number of benzene rings is 1. The number of primary amides is 1. The van der Waals surface area contributed by atoms with Crippen LogP contribution in [0, 0.1) is 5.92 Å². The van der Waals surface area contributed by atoms with Crippen molar-refractivity contribution in [2.45, 2.75) is 77.7 Å². The van der Waals surface area contributed by atoms with Gasteiger partial charge in [0.1, 0.15) is 23.9 Å². The summed E-state index contributed by atoms with van der Waals surface area (Å²) >= 11 is 1.22. The third-order valence-corrected chi connectivity index (χ3v) is 7.10. The molecule has 4 atom stereocenters. The van der Waals surface area contributed by atoms with Crippen LogP contribution in [-0.4, -0.2) is 68.8 Å². The second kappa shape index (κ2) is 15.7. The fourth-order valence-electron chi connectivity index (χ4n) is 3.71. The lowest BCUT2D eigenvalue weighted by molar-refractivity contribution is -0.132. The molecule has 14 heteroatoms. The number of hydrogen-bond donors (Lipinski definition) is 7. The molecule has 0 bridgehead atoms. The Hall–Kier alpha value is -4.04. The SMILES string of the molecule is CC(C)[C@H](Nc1ncc(CO)s1)C(=O)N[C@@H](C)C(=O)N[C@@H](C)C(=O)CCC(=O)N[C@@H](Cc1ccc(O)cc1)C(N)=O. The molecular weight excluding hydrogens is 552 g/mol. The van der Waals surface area contributed by atoms with Crippen LogP contribution in [0.3, 0.4) is 0 Å². The number of hydrogen-bond acceptors (Lipinski definition) is 10. The number of aliphatic hydroxyl groups is 1. The van der Waals surface area contributed by atoms with Crippen molar-refractivity contribution in [1.29, 1.82) is 0 Å². The molecule has 0 aliphatic heterocycles. The number of phenols is 1. The number of amides is 4. The Labute approximate surface area is 242 Å². The zero-order valence-electron chi connectivity index (χ0n) is 23.5. The molecule has 0 spiro atoms. The summed E-state index contributed by atoms with van der Waals surface area (Å²) in [5.74, 6) is -2.81. The van der Waals surface area contributed by atoms with E-state index in [1.165, 1.54) is 43.5 Å². The zero-order chi connectivity index (χ0) is 30.7. The lowest BCUT2D eigenvalue weighted by Crippen LogP contribution is -2.53. The van der Waals surface area contributed by atoms with Crippen molar-refractivity contribution in [2.75, 3.05) is 5.32 Å². The maximum absolute atomic E-state index is 12.9. The van der Waals surface area contributed by atoms with Crippen LogP contribution in [0.2, 0.25) is 0 Å². The Balaban J connectivity index is 1.83. The van der Waals surface area contributed by atoms with E-state index < -0.39 is 53.6 Å². The quantitative estimate of drug-likeness (QED) is 0.143. The highest BCUT2D eigenvalue weighted by Crippen LogP contribution is 2.20. The predicted octanol–water partition coefficient (Wildman–Crippen LogP) is 0.349. The smallest absolute Gasteiger partial charge is 0.243 e. The first-order chi connectivity index (χ1) is 19.3. The van der Waals surface area contributed by atoms with Crippen LogP contribution < -0.4 is 27.0 Å². The van der Waals surface area contributed by atoms with Crippen molar-refractivity contribution < 1.29 is 34.2 Å². The Morgan fingerprint density at radius 1 is 0.927 bits per heavy atom. The van der Waals surface area contributed by atoms with Gasteiger partial charge in [-0.3, -0.25) is 24.0 Å². The first kappa shape index (κ1) is 33.2. The number of aliphatic hydroxyl groups excluding tert-OH is 1. The van der Waals surface area contributed by atoms with E-state index in [1.54, 1.807) is 12.1 Å². The van der Waals surface area contributed by atoms with Crippen molar-refractivity contribution >= 4 is 45.9 Å². The fourth-order valence-corrected chi connectivity index (χ4v) is 4.42. The summed E-state index contributed by atoms with van der Waals surface area (Å²) in [4.78, 5) is 67.0. The molecule has 2 aromatic rings. The van der Waals surface area contributed by atoms with E-state index in [0.29, 0.717) is 15.6 Å². The molecule has 41 heavy (non-hydrogen) atoms. The Bertz CT molecular complexity index is 1220. The molecule has 0 saturated carbocycles. The predicted molar refractivity (Wildman–Crippen MR) is 153 cm³/mol. The van der Waals surface area contributed by atoms with Crippen molar-refractivity contribution in [2.24, 2.45) is 11.7 Å². The molecule has 1 heterocycles. The minimum absolute atomic E-state index is 0.0614. The number of aromatic hydroxyl groups is 1. The number of rotatable bonds is 16. The summed E-state index contributed by atoms with van der Waals surface area (Å²) in [6.07, 6.45) is 1.21. The lowest BCUT2D eigenvalue weighted by atomic mass is 10.0. The van der Waals surface area contributed by atoms with Crippen molar-refractivity contribution in [1.82, 2.24) is 20.9 Å². The van der Waals surface area contributed by atoms with E-state index in [9.17, 15) is 34.2 Å². The Morgan fingerprint density at radius 3 is 2.12 bits per heavy atom. The average molecular weight is 591 g/mol. The molecule has 0 fully saturated rings. The number of ketones is 1. The van der Waals surface area contributed by atoms with E-state index in [1.807, 2.05) is 13.8 Å². The molecule has 0 aliphatic rings. The van der Waals surface area contributed by atoms with E-state index >= 15 is 0 Å². The highest BCUT2D eigenvalue weighted by molar-refractivity contribution is 7.15. The van der Waals surface area contributed by atoms with Gasteiger partial charge in [0.25, 0.3) is 0 Å². The highest BCUT2D eigenvalue weighted by Gasteiger charge is 2.28. The molecule has 0 radical (unpaired) electrons. The summed E-state index contributed by atoms with van der Waals surface area (Å²) in [6.45, 7) is 6.46. The monoisotopic (exact) mass is 590 g/mol. The van der Waals surface area contributed by atoms with Gasteiger partial charge in [0.05, 0.1) is 17.5 Å². The number of Topliss-reactive ketones (excluding diaryl/α,β-unsaturated/α-hetero) is 1. The molecule has 8 N–H and O–H groups in total. The second-order valence-corrected chi connectivity index (χ2v) is 11.1. The molecule has 1 aromatic carbocycles. The minimum Gasteiger partial charge on any atom is -0.508 e. The number of carbonyl (C=O) groups is 5. The van der Waals surface area contributed by atoms with E-state index in [4.69, 9.17) is 5.73 Å². The van der Waals surface area contributed by atoms with Crippen LogP contribution >= 0.6 is 11.3 Å². The maximum atomic E-state index is 12.9. The lowest BCUT2D eigenvalue weighted by Gasteiger charge is -2.24. The fraction of sp³-hybridized carbons (Fsp3) is 0.481. The molecule has 13 nitrogen and oxygen atoms in total. The van der Waals surface area contributed by atoms with Gasteiger partial charge in [0.15, 0.2) is 10.9 Å². The van der Waals surface area contributed by atoms with Gasteiger partial charge < -0.3 is 37.2 Å². The van der Waals surface area contributed by atoms with Crippen molar-refractivity contribution in [3.63, 3.8) is 0 Å². The largest absolute Gasteiger partial charge is 0.508 e. The number of anilines is 1. The molecule has 4 amide bonds. The van der Waals surface area contributed by atoms with Crippen LogP contribution in [0.15, 0.2) is 30.5 Å². The summed E-state index contributed by atoms with van der Waals surface area (Å²) in [6, 6.07) is 2.53. The van der Waals surface area contributed by atoms with Crippen LogP contribution in [0.5, 0.6) is 5.75 Å². The Morgan fingerprint density at radius 2 is 1.56 bits per heavy atom. The minimum atomic E-state index is -1.000.